The lowest BCUT2D eigenvalue weighted by Crippen LogP contribution is -2.50. The highest BCUT2D eigenvalue weighted by molar-refractivity contribution is 7.99. The third kappa shape index (κ3) is 7.17. The van der Waals surface area contributed by atoms with Crippen molar-refractivity contribution in [3.8, 4) is 11.8 Å². The first-order valence-electron chi connectivity index (χ1n) is 14.4. The number of aliphatic hydroxyl groups is 1. The highest BCUT2D eigenvalue weighted by Crippen LogP contribution is 2.44. The van der Waals surface area contributed by atoms with Crippen LogP contribution in [-0.2, 0) is 25.1 Å². The van der Waals surface area contributed by atoms with Crippen LogP contribution in [0.5, 0.6) is 5.75 Å². The molecule has 0 atom stereocenters. The summed E-state index contributed by atoms with van der Waals surface area (Å²) in [4.78, 5) is 46.9. The number of hydrogen-bond donors (Lipinski definition) is 3. The van der Waals surface area contributed by atoms with E-state index in [1.54, 1.807) is 17.0 Å². The van der Waals surface area contributed by atoms with Gasteiger partial charge in [-0.2, -0.15) is 14.0 Å². The summed E-state index contributed by atoms with van der Waals surface area (Å²) in [5.41, 5.74) is -0.552. The predicted octanol–water partition coefficient (Wildman–Crippen LogP) is 6.80. The number of nitrogens with zero attached hydrogens (tertiary/aromatic N) is 4. The van der Waals surface area contributed by atoms with Gasteiger partial charge in [0.15, 0.2) is 0 Å². The molecule has 2 aliphatic heterocycles. The van der Waals surface area contributed by atoms with Crippen molar-refractivity contribution >= 4 is 64.2 Å². The van der Waals surface area contributed by atoms with Crippen LogP contribution in [0.2, 0.25) is 10.0 Å². The lowest BCUT2D eigenvalue weighted by atomic mass is 10.1. The number of phenols is 1. The molecule has 0 radical (unpaired) electrons. The molecule has 0 spiro atoms. The summed E-state index contributed by atoms with van der Waals surface area (Å²) in [6.07, 6.45) is 2.67. The zero-order valence-corrected chi connectivity index (χ0v) is 27.9. The van der Waals surface area contributed by atoms with Crippen molar-refractivity contribution in [2.75, 3.05) is 18.0 Å². The number of aromatic amines is 1. The van der Waals surface area contributed by atoms with Gasteiger partial charge in [0.25, 0.3) is 11.5 Å². The van der Waals surface area contributed by atoms with Crippen molar-refractivity contribution in [3.63, 3.8) is 0 Å². The number of anilines is 1. The number of benzene rings is 2. The number of carbonyl (C=O) groups excluding carboxylic acids is 2. The van der Waals surface area contributed by atoms with Crippen molar-refractivity contribution in [1.29, 1.82) is 5.26 Å². The number of H-pyrrole nitrogens is 1. The Labute approximate surface area is 287 Å². The van der Waals surface area contributed by atoms with Crippen molar-refractivity contribution in [2.45, 2.75) is 67.1 Å². The second-order valence-corrected chi connectivity index (χ2v) is 13.4. The van der Waals surface area contributed by atoms with Crippen LogP contribution in [0.3, 0.4) is 0 Å². The molecule has 2 fully saturated rings. The average Bonchev–Trinajstić information content (AvgIpc) is 3.77. The summed E-state index contributed by atoms with van der Waals surface area (Å²) < 4.78 is 28.2. The molecule has 16 heteroatoms. The molecule has 1 saturated heterocycles. The van der Waals surface area contributed by atoms with E-state index < -0.39 is 34.7 Å². The SMILES string of the molecule is CC#N.O=C(c1c(Sc2c(Cl)ccc(CO)c2Cl)cc(C(F)(F)Cl)[nH]c1=O)N1Cc2cc(O)c(N3CCCN(C4CC4)C3=O)cc2C1. The van der Waals surface area contributed by atoms with Crippen LogP contribution in [0.15, 0.2) is 44.9 Å². The second kappa shape index (κ2) is 13.9. The maximum Gasteiger partial charge on any atom is 0.362 e. The van der Waals surface area contributed by atoms with Crippen molar-refractivity contribution < 1.29 is 28.6 Å². The molecule has 6 rings (SSSR count). The number of pyridine rings is 1. The van der Waals surface area contributed by atoms with Gasteiger partial charge >= 0.3 is 11.4 Å². The molecule has 1 saturated carbocycles. The Morgan fingerprint density at radius 3 is 2.43 bits per heavy atom. The first-order valence-corrected chi connectivity index (χ1v) is 16.4. The number of phenolic OH excluding ortho intramolecular Hbond substituents is 1. The van der Waals surface area contributed by atoms with Gasteiger partial charge < -0.3 is 25.0 Å². The summed E-state index contributed by atoms with van der Waals surface area (Å²) in [6.45, 7) is 2.15. The summed E-state index contributed by atoms with van der Waals surface area (Å²) in [5.74, 6) is -0.880. The molecule has 3 amide bonds. The molecular formula is C31H28Cl3F2N5O5S. The van der Waals surface area contributed by atoms with E-state index in [0.717, 1.165) is 37.1 Å². The van der Waals surface area contributed by atoms with E-state index in [9.17, 15) is 33.4 Å². The van der Waals surface area contributed by atoms with Gasteiger partial charge in [-0.05, 0) is 71.8 Å². The van der Waals surface area contributed by atoms with Crippen LogP contribution in [0.25, 0.3) is 0 Å². The Morgan fingerprint density at radius 2 is 1.81 bits per heavy atom. The first kappa shape index (κ1) is 34.8. The van der Waals surface area contributed by atoms with E-state index >= 15 is 0 Å². The Hall–Kier alpha value is -3.54. The molecule has 47 heavy (non-hydrogen) atoms. The molecular weight excluding hydrogens is 699 g/mol. The third-order valence-corrected chi connectivity index (χ3v) is 10.2. The quantitative estimate of drug-likeness (QED) is 0.228. The lowest BCUT2D eigenvalue weighted by Gasteiger charge is -2.36. The zero-order valence-electron chi connectivity index (χ0n) is 24.8. The van der Waals surface area contributed by atoms with E-state index in [2.05, 4.69) is 0 Å². The zero-order chi connectivity index (χ0) is 34.2. The molecule has 3 heterocycles. The minimum Gasteiger partial charge on any atom is -0.506 e. The van der Waals surface area contributed by atoms with Gasteiger partial charge in [0.05, 0.1) is 28.4 Å². The standard InChI is InChI=1S/C29H25Cl3F2N4O5S.C2H3N/c30-18-5-2-14(13-39)24(31)25(18)44-21-10-22(29(32,33)34)35-26(41)23(21)27(42)36-11-15-8-19(20(40)9-16(15)12-36)38-7-1-6-37(28(38)43)17-3-4-17;1-2-3/h2,5,8-10,17,39-40H,1,3-4,6-7,11-13H2,(H,35,41);1H3. The monoisotopic (exact) mass is 725 g/mol. The number of halogens is 5. The molecule has 1 aliphatic carbocycles. The molecule has 10 nitrogen and oxygen atoms in total. The largest absolute Gasteiger partial charge is 0.506 e. The number of amides is 3. The fourth-order valence-corrected chi connectivity index (χ4v) is 7.34. The van der Waals surface area contributed by atoms with Crippen molar-refractivity contribution in [3.05, 3.63) is 78.7 Å². The van der Waals surface area contributed by atoms with Gasteiger partial charge in [-0.25, -0.2) is 4.79 Å². The average molecular weight is 727 g/mol. The Morgan fingerprint density at radius 1 is 1.15 bits per heavy atom. The van der Waals surface area contributed by atoms with E-state index in [1.807, 2.05) is 9.88 Å². The molecule has 0 unspecified atom stereocenters. The number of nitriles is 1. The molecule has 3 aromatic rings. The van der Waals surface area contributed by atoms with Crippen LogP contribution in [0.1, 0.15) is 58.9 Å². The van der Waals surface area contributed by atoms with Gasteiger partial charge in [0, 0.05) is 48.9 Å². The maximum absolute atomic E-state index is 14.1. The number of carbonyl (C=O) groups is 2. The highest BCUT2D eigenvalue weighted by atomic mass is 35.5. The molecule has 3 aliphatic rings. The molecule has 3 N–H and O–H groups in total. The number of hydrogen-bond acceptors (Lipinski definition) is 7. The number of fused-ring (bicyclic) bond motifs is 1. The summed E-state index contributed by atoms with van der Waals surface area (Å²) in [5, 5.41) is 24.0. The van der Waals surface area contributed by atoms with Crippen molar-refractivity contribution in [1.82, 2.24) is 14.8 Å². The highest BCUT2D eigenvalue weighted by Gasteiger charge is 2.39. The maximum atomic E-state index is 14.1. The summed E-state index contributed by atoms with van der Waals surface area (Å²) >= 11 is 18.7. The summed E-state index contributed by atoms with van der Waals surface area (Å²) in [6, 6.07) is 8.80. The van der Waals surface area contributed by atoms with Crippen molar-refractivity contribution in [2.24, 2.45) is 0 Å². The molecule has 248 valence electrons. The van der Waals surface area contributed by atoms with Gasteiger partial charge in [0.1, 0.15) is 17.0 Å². The minimum absolute atomic E-state index is 0.0165. The topological polar surface area (TPSA) is 141 Å². The van der Waals surface area contributed by atoms with Crippen LogP contribution in [-0.4, -0.2) is 56.1 Å². The van der Waals surface area contributed by atoms with Crippen LogP contribution in [0.4, 0.5) is 19.3 Å². The molecule has 2 aromatic carbocycles. The Bertz CT molecular complexity index is 1840. The number of aromatic hydroxyl groups is 1. The lowest BCUT2D eigenvalue weighted by molar-refractivity contribution is 0.0740. The number of aromatic nitrogens is 1. The van der Waals surface area contributed by atoms with Gasteiger partial charge in [-0.15, -0.1) is 0 Å². The smallest absolute Gasteiger partial charge is 0.362 e. The van der Waals surface area contributed by atoms with E-state index in [1.165, 1.54) is 30.0 Å². The second-order valence-electron chi connectivity index (χ2n) is 11.1. The van der Waals surface area contributed by atoms with Crippen LogP contribution in [0, 0.1) is 11.3 Å². The first-order chi connectivity index (χ1) is 22.3. The number of nitrogens with one attached hydrogen (secondary N) is 1. The number of alkyl halides is 3. The number of aliphatic hydroxyl groups excluding tert-OH is 1. The number of rotatable bonds is 7. The molecule has 0 bridgehead atoms. The minimum atomic E-state index is -3.95. The van der Waals surface area contributed by atoms with Crippen LogP contribution >= 0.6 is 46.6 Å². The van der Waals surface area contributed by atoms with Crippen LogP contribution < -0.4 is 10.5 Å². The van der Waals surface area contributed by atoms with Gasteiger partial charge in [-0.1, -0.05) is 41.0 Å². The molecule has 1 aromatic heterocycles. The van der Waals surface area contributed by atoms with Gasteiger partial charge in [0.2, 0.25) is 0 Å². The third-order valence-electron chi connectivity index (χ3n) is 7.87. The van der Waals surface area contributed by atoms with Gasteiger partial charge in [-0.3, -0.25) is 14.5 Å². The van der Waals surface area contributed by atoms with E-state index in [0.29, 0.717) is 35.5 Å². The fourth-order valence-electron chi connectivity index (χ4n) is 5.51. The van der Waals surface area contributed by atoms with E-state index in [4.69, 9.17) is 40.1 Å². The predicted molar refractivity (Wildman–Crippen MR) is 173 cm³/mol. The summed E-state index contributed by atoms with van der Waals surface area (Å²) in [7, 11) is 0. The normalized spacial score (nSPS) is 16.0. The van der Waals surface area contributed by atoms with E-state index in [-0.39, 0.29) is 50.7 Å². The fraction of sp³-hybridized carbons (Fsp3) is 0.355. The number of urea groups is 1. The Balaban J connectivity index is 0.00000139. The Kier molecular flexibility index (Phi) is 10.3.